The van der Waals surface area contributed by atoms with E-state index in [-0.39, 0.29) is 5.82 Å². The second-order valence-corrected chi connectivity index (χ2v) is 4.83. The quantitative estimate of drug-likeness (QED) is 0.873. The number of rotatable bonds is 5. The van der Waals surface area contributed by atoms with Gasteiger partial charge in [0.05, 0.1) is 5.69 Å². The van der Waals surface area contributed by atoms with Crippen LogP contribution in [0.2, 0.25) is 0 Å². The number of nitrogen functional groups attached to an aromatic ring is 1. The number of anilines is 3. The summed E-state index contributed by atoms with van der Waals surface area (Å²) < 4.78 is 18.9. The van der Waals surface area contributed by atoms with Crippen molar-refractivity contribution in [2.45, 2.75) is 13.5 Å². The predicted octanol–water partition coefficient (Wildman–Crippen LogP) is 3.24. The van der Waals surface area contributed by atoms with Gasteiger partial charge in [0.1, 0.15) is 24.1 Å². The third kappa shape index (κ3) is 3.88. The fourth-order valence-electron chi connectivity index (χ4n) is 1.57. The lowest BCUT2D eigenvalue weighted by Gasteiger charge is -2.10. The first-order valence-electron chi connectivity index (χ1n) is 6.01. The summed E-state index contributed by atoms with van der Waals surface area (Å²) in [7, 11) is 0. The van der Waals surface area contributed by atoms with Gasteiger partial charge in [-0.3, -0.25) is 0 Å². The molecule has 0 saturated heterocycles. The van der Waals surface area contributed by atoms with E-state index in [2.05, 4.69) is 31.2 Å². The van der Waals surface area contributed by atoms with E-state index < -0.39 is 0 Å². The van der Waals surface area contributed by atoms with Gasteiger partial charge in [-0.15, -0.1) is 0 Å². The molecular weight excluding hydrogens is 327 g/mol. The third-order valence-electron chi connectivity index (χ3n) is 2.42. The minimum atomic E-state index is -0.318. The van der Waals surface area contributed by atoms with Crippen LogP contribution in [0.15, 0.2) is 28.7 Å². The van der Waals surface area contributed by atoms with Crippen molar-refractivity contribution in [2.24, 2.45) is 0 Å². The molecule has 0 aliphatic carbocycles. The average molecular weight is 341 g/mol. The zero-order chi connectivity index (χ0) is 14.5. The Hall–Kier alpha value is -1.73. The minimum Gasteiger partial charge on any atom is -0.384 e. The maximum Gasteiger partial charge on any atom is 0.158 e. The Morgan fingerprint density at radius 2 is 2.15 bits per heavy atom. The van der Waals surface area contributed by atoms with Crippen LogP contribution in [0.1, 0.15) is 12.7 Å². The number of hydrogen-bond donors (Lipinski definition) is 2. The molecule has 3 N–H and O–H groups in total. The van der Waals surface area contributed by atoms with E-state index in [1.807, 2.05) is 6.92 Å². The van der Waals surface area contributed by atoms with Crippen LogP contribution in [0.25, 0.3) is 0 Å². The molecule has 2 rings (SSSR count). The van der Waals surface area contributed by atoms with E-state index in [0.717, 1.165) is 0 Å². The number of nitrogens with two attached hydrogens (primary N) is 1. The topological polar surface area (TPSA) is 73.1 Å². The number of nitrogens with one attached hydrogen (secondary N) is 1. The summed E-state index contributed by atoms with van der Waals surface area (Å²) in [5.74, 6) is 1.05. The Morgan fingerprint density at radius 1 is 1.35 bits per heavy atom. The van der Waals surface area contributed by atoms with Gasteiger partial charge in [0.25, 0.3) is 0 Å². The summed E-state index contributed by atoms with van der Waals surface area (Å²) in [6.07, 6.45) is 0. The molecule has 1 heterocycles. The zero-order valence-electron chi connectivity index (χ0n) is 10.9. The van der Waals surface area contributed by atoms with Crippen LogP contribution in [0.4, 0.5) is 21.7 Å². The Balaban J connectivity index is 2.21. The van der Waals surface area contributed by atoms with Gasteiger partial charge in [0, 0.05) is 17.1 Å². The molecule has 0 atom stereocenters. The summed E-state index contributed by atoms with van der Waals surface area (Å²) in [5, 5.41) is 3.06. The van der Waals surface area contributed by atoms with Crippen molar-refractivity contribution < 1.29 is 9.13 Å². The first-order chi connectivity index (χ1) is 9.58. The molecule has 0 radical (unpaired) electrons. The van der Waals surface area contributed by atoms with Gasteiger partial charge < -0.3 is 15.8 Å². The van der Waals surface area contributed by atoms with Gasteiger partial charge in [0.2, 0.25) is 0 Å². The van der Waals surface area contributed by atoms with Crippen molar-refractivity contribution in [3.8, 4) is 0 Å². The molecule has 0 aliphatic heterocycles. The normalized spacial score (nSPS) is 10.6. The molecule has 20 heavy (non-hydrogen) atoms. The van der Waals surface area contributed by atoms with Crippen LogP contribution in [0, 0.1) is 5.82 Å². The van der Waals surface area contributed by atoms with Gasteiger partial charge >= 0.3 is 0 Å². The highest BCUT2D eigenvalue weighted by Crippen LogP contribution is 2.26. The summed E-state index contributed by atoms with van der Waals surface area (Å²) in [5.41, 5.74) is 6.42. The lowest BCUT2D eigenvalue weighted by atomic mass is 10.3. The highest BCUT2D eigenvalue weighted by molar-refractivity contribution is 9.10. The molecule has 0 unspecified atom stereocenters. The summed E-state index contributed by atoms with van der Waals surface area (Å²) in [4.78, 5) is 8.37. The number of aromatic nitrogens is 2. The van der Waals surface area contributed by atoms with Crippen LogP contribution in [-0.2, 0) is 11.3 Å². The second kappa shape index (κ2) is 6.62. The fraction of sp³-hybridized carbons (Fsp3) is 0.231. The summed E-state index contributed by atoms with van der Waals surface area (Å²) in [6.45, 7) is 2.76. The summed E-state index contributed by atoms with van der Waals surface area (Å²) >= 11 is 3.28. The van der Waals surface area contributed by atoms with Crippen molar-refractivity contribution in [3.63, 3.8) is 0 Å². The first-order valence-corrected chi connectivity index (χ1v) is 6.81. The van der Waals surface area contributed by atoms with Crippen molar-refractivity contribution in [2.75, 3.05) is 17.7 Å². The van der Waals surface area contributed by atoms with E-state index in [1.165, 1.54) is 12.1 Å². The monoisotopic (exact) mass is 340 g/mol. The molecule has 5 nitrogen and oxygen atoms in total. The fourth-order valence-corrected chi connectivity index (χ4v) is 2.02. The SMILES string of the molecule is CCOCc1nc(N)cc(Nc2ccc(F)cc2Br)n1. The van der Waals surface area contributed by atoms with Gasteiger partial charge in [-0.05, 0) is 41.1 Å². The Bertz CT molecular complexity index is 609. The second-order valence-electron chi connectivity index (χ2n) is 3.98. The summed E-state index contributed by atoms with van der Waals surface area (Å²) in [6, 6.07) is 5.94. The van der Waals surface area contributed by atoms with Crippen LogP contribution < -0.4 is 11.1 Å². The smallest absolute Gasteiger partial charge is 0.158 e. The van der Waals surface area contributed by atoms with Crippen molar-refractivity contribution >= 4 is 33.3 Å². The Labute approximate surface area is 124 Å². The zero-order valence-corrected chi connectivity index (χ0v) is 12.4. The van der Waals surface area contributed by atoms with E-state index in [1.54, 1.807) is 12.1 Å². The molecular formula is C13H14BrFN4O. The van der Waals surface area contributed by atoms with Gasteiger partial charge in [-0.25, -0.2) is 14.4 Å². The van der Waals surface area contributed by atoms with Crippen LogP contribution in [0.3, 0.4) is 0 Å². The number of ether oxygens (including phenoxy) is 1. The number of nitrogens with zero attached hydrogens (tertiary/aromatic N) is 2. The Morgan fingerprint density at radius 3 is 2.85 bits per heavy atom. The van der Waals surface area contributed by atoms with Gasteiger partial charge in [-0.1, -0.05) is 0 Å². The molecule has 0 bridgehead atoms. The molecule has 0 aliphatic rings. The standard InChI is InChI=1S/C13H14BrFN4O/c1-2-20-7-13-18-11(16)6-12(19-13)17-10-4-3-8(15)5-9(10)14/h3-6H,2,7H2,1H3,(H3,16,17,18,19). The van der Waals surface area contributed by atoms with Crippen molar-refractivity contribution in [3.05, 3.63) is 40.4 Å². The molecule has 0 amide bonds. The molecule has 7 heteroatoms. The third-order valence-corrected chi connectivity index (χ3v) is 3.08. The first kappa shape index (κ1) is 14.7. The highest BCUT2D eigenvalue weighted by Gasteiger charge is 2.06. The van der Waals surface area contributed by atoms with Gasteiger partial charge in [0.15, 0.2) is 5.82 Å². The lowest BCUT2D eigenvalue weighted by Crippen LogP contribution is -2.05. The molecule has 1 aromatic carbocycles. The highest BCUT2D eigenvalue weighted by atomic mass is 79.9. The van der Waals surface area contributed by atoms with E-state index in [0.29, 0.717) is 40.8 Å². The van der Waals surface area contributed by atoms with E-state index in [4.69, 9.17) is 10.5 Å². The molecule has 1 aromatic heterocycles. The van der Waals surface area contributed by atoms with Crippen LogP contribution >= 0.6 is 15.9 Å². The maximum atomic E-state index is 13.0. The largest absolute Gasteiger partial charge is 0.384 e. The van der Waals surface area contributed by atoms with Gasteiger partial charge in [-0.2, -0.15) is 0 Å². The molecule has 0 saturated carbocycles. The van der Waals surface area contributed by atoms with Crippen LogP contribution in [0.5, 0.6) is 0 Å². The molecule has 2 aromatic rings. The van der Waals surface area contributed by atoms with E-state index >= 15 is 0 Å². The van der Waals surface area contributed by atoms with Crippen molar-refractivity contribution in [1.82, 2.24) is 9.97 Å². The molecule has 0 fully saturated rings. The Kier molecular flexibility index (Phi) is 4.86. The predicted molar refractivity (Wildman–Crippen MR) is 79.2 cm³/mol. The minimum absolute atomic E-state index is 0.292. The number of hydrogen-bond acceptors (Lipinski definition) is 5. The maximum absolute atomic E-state index is 13.0. The number of halogens is 2. The molecule has 0 spiro atoms. The van der Waals surface area contributed by atoms with E-state index in [9.17, 15) is 4.39 Å². The molecule has 106 valence electrons. The average Bonchev–Trinajstić information content (AvgIpc) is 2.39. The number of benzene rings is 1. The van der Waals surface area contributed by atoms with Crippen LogP contribution in [-0.4, -0.2) is 16.6 Å². The lowest BCUT2D eigenvalue weighted by molar-refractivity contribution is 0.128. The van der Waals surface area contributed by atoms with Crippen molar-refractivity contribution in [1.29, 1.82) is 0 Å².